The minimum Gasteiger partial charge on any atom is -0.481 e. The normalized spacial score (nSPS) is 14.0. The van der Waals surface area contributed by atoms with Crippen LogP contribution in [0.2, 0.25) is 0 Å². The Morgan fingerprint density at radius 1 is 1.07 bits per heavy atom. The maximum absolute atomic E-state index is 13.1. The van der Waals surface area contributed by atoms with Crippen molar-refractivity contribution in [3.8, 4) is 0 Å². The van der Waals surface area contributed by atoms with Gasteiger partial charge in [-0.2, -0.15) is 0 Å². The lowest BCUT2D eigenvalue weighted by Gasteiger charge is -2.33. The molecule has 1 aromatic carbocycles. The number of benzene rings is 1. The van der Waals surface area contributed by atoms with Gasteiger partial charge in [0.15, 0.2) is 0 Å². The maximum atomic E-state index is 13.1. The molecule has 0 aromatic heterocycles. The highest BCUT2D eigenvalue weighted by Gasteiger charge is 2.21. The van der Waals surface area contributed by atoms with Crippen molar-refractivity contribution >= 4 is 17.6 Å². The quantitative estimate of drug-likeness (QED) is 0.108. The molecule has 0 bridgehead atoms. The second-order valence-corrected chi connectivity index (χ2v) is 10.7. The van der Waals surface area contributed by atoms with Gasteiger partial charge in [0, 0.05) is 31.8 Å². The molecule has 238 valence electrons. The van der Waals surface area contributed by atoms with Crippen LogP contribution in [0.1, 0.15) is 117 Å². The van der Waals surface area contributed by atoms with E-state index in [4.69, 9.17) is 9.84 Å². The SMILES string of the molecule is C=C/C=C\C/C=C(/CCC(=O)NC(CCCC)c1ccccc1N1CCCCC1)COCCC.CC.CC(C)C(=O)O. The summed E-state index contributed by atoms with van der Waals surface area (Å²) in [5.41, 5.74) is 3.75. The Morgan fingerprint density at radius 2 is 1.74 bits per heavy atom. The zero-order valence-corrected chi connectivity index (χ0v) is 27.5. The van der Waals surface area contributed by atoms with E-state index in [2.05, 4.69) is 67.1 Å². The summed E-state index contributed by atoms with van der Waals surface area (Å²) in [4.78, 5) is 25.3. The molecule has 1 saturated heterocycles. The van der Waals surface area contributed by atoms with Gasteiger partial charge in [-0.1, -0.05) is 103 Å². The van der Waals surface area contributed by atoms with Crippen LogP contribution in [0.3, 0.4) is 0 Å². The summed E-state index contributed by atoms with van der Waals surface area (Å²) >= 11 is 0. The number of nitrogens with zero attached hydrogens (tertiary/aromatic N) is 1. The lowest BCUT2D eigenvalue weighted by Crippen LogP contribution is -2.33. The first-order valence-electron chi connectivity index (χ1n) is 16.2. The van der Waals surface area contributed by atoms with E-state index in [0.717, 1.165) is 58.2 Å². The highest BCUT2D eigenvalue weighted by Crippen LogP contribution is 2.31. The number of carbonyl (C=O) groups excluding carboxylic acids is 1. The molecule has 42 heavy (non-hydrogen) atoms. The number of para-hydroxylation sites is 1. The fourth-order valence-corrected chi connectivity index (χ4v) is 4.45. The van der Waals surface area contributed by atoms with Crippen molar-refractivity contribution in [1.82, 2.24) is 5.32 Å². The summed E-state index contributed by atoms with van der Waals surface area (Å²) in [6.07, 6.45) is 18.1. The van der Waals surface area contributed by atoms with Crippen LogP contribution in [0.5, 0.6) is 0 Å². The van der Waals surface area contributed by atoms with Crippen LogP contribution in [0.4, 0.5) is 5.69 Å². The van der Waals surface area contributed by atoms with Crippen LogP contribution in [-0.2, 0) is 14.3 Å². The van der Waals surface area contributed by atoms with Gasteiger partial charge in [0.25, 0.3) is 0 Å². The minimum atomic E-state index is -0.741. The van der Waals surface area contributed by atoms with Crippen LogP contribution in [0.15, 0.2) is 60.7 Å². The zero-order chi connectivity index (χ0) is 31.6. The van der Waals surface area contributed by atoms with Crippen molar-refractivity contribution in [2.45, 2.75) is 112 Å². The Balaban J connectivity index is 0.00000186. The molecule has 1 aromatic rings. The summed E-state index contributed by atoms with van der Waals surface area (Å²) in [6, 6.07) is 8.73. The molecule has 0 aliphatic carbocycles. The Bertz CT molecular complexity index is 917. The number of ether oxygens (including phenoxy) is 1. The van der Waals surface area contributed by atoms with E-state index in [0.29, 0.717) is 13.0 Å². The minimum absolute atomic E-state index is 0.0601. The number of anilines is 1. The van der Waals surface area contributed by atoms with Crippen molar-refractivity contribution in [1.29, 1.82) is 0 Å². The summed E-state index contributed by atoms with van der Waals surface area (Å²) in [7, 11) is 0. The number of carboxylic acids is 1. The number of aliphatic carboxylic acids is 1. The first-order chi connectivity index (χ1) is 20.3. The van der Waals surface area contributed by atoms with Crippen LogP contribution in [0.25, 0.3) is 0 Å². The molecule has 1 unspecified atom stereocenters. The van der Waals surface area contributed by atoms with E-state index >= 15 is 0 Å². The third-order valence-corrected chi connectivity index (χ3v) is 6.81. The number of nitrogens with one attached hydrogen (secondary N) is 1. The van der Waals surface area contributed by atoms with Crippen LogP contribution < -0.4 is 10.2 Å². The van der Waals surface area contributed by atoms with E-state index in [-0.39, 0.29) is 17.9 Å². The Morgan fingerprint density at radius 3 is 2.33 bits per heavy atom. The molecular formula is C36H60N2O4. The first kappa shape index (κ1) is 39.1. The van der Waals surface area contributed by atoms with Crippen LogP contribution in [-0.4, -0.2) is 43.3 Å². The number of piperidine rings is 1. The number of hydrogen-bond donors (Lipinski definition) is 2. The molecule has 6 nitrogen and oxygen atoms in total. The van der Waals surface area contributed by atoms with Gasteiger partial charge in [0.05, 0.1) is 18.6 Å². The number of allylic oxidation sites excluding steroid dienone is 4. The second-order valence-electron chi connectivity index (χ2n) is 10.7. The summed E-state index contributed by atoms with van der Waals surface area (Å²) in [5.74, 6) is -0.849. The van der Waals surface area contributed by atoms with Crippen molar-refractivity contribution in [2.75, 3.05) is 31.2 Å². The van der Waals surface area contributed by atoms with E-state index in [1.54, 1.807) is 19.9 Å². The monoisotopic (exact) mass is 584 g/mol. The molecule has 0 saturated carbocycles. The third-order valence-electron chi connectivity index (χ3n) is 6.81. The molecule has 1 aliphatic heterocycles. The predicted octanol–water partition coefficient (Wildman–Crippen LogP) is 9.04. The molecule has 0 spiro atoms. The summed E-state index contributed by atoms with van der Waals surface area (Å²) in [5, 5.41) is 11.4. The fraction of sp³-hybridized carbons (Fsp3) is 0.611. The van der Waals surface area contributed by atoms with Gasteiger partial charge in [-0.15, -0.1) is 0 Å². The third kappa shape index (κ3) is 17.8. The first-order valence-corrected chi connectivity index (χ1v) is 16.2. The smallest absolute Gasteiger partial charge is 0.305 e. The van der Waals surface area contributed by atoms with Gasteiger partial charge in [0.2, 0.25) is 5.91 Å². The fourth-order valence-electron chi connectivity index (χ4n) is 4.45. The van der Waals surface area contributed by atoms with Crippen molar-refractivity contribution < 1.29 is 19.4 Å². The molecule has 1 amide bonds. The average molecular weight is 585 g/mol. The van der Waals surface area contributed by atoms with Gasteiger partial charge >= 0.3 is 5.97 Å². The zero-order valence-electron chi connectivity index (χ0n) is 27.5. The highest BCUT2D eigenvalue weighted by atomic mass is 16.5. The Hall–Kier alpha value is -2.86. The number of carboxylic acid groups (broad SMARTS) is 1. The number of unbranched alkanes of at least 4 members (excludes halogenated alkanes) is 1. The summed E-state index contributed by atoms with van der Waals surface area (Å²) < 4.78 is 5.77. The lowest BCUT2D eigenvalue weighted by molar-refractivity contribution is -0.140. The number of carbonyl (C=O) groups is 2. The predicted molar refractivity (Wildman–Crippen MR) is 179 cm³/mol. The number of rotatable bonds is 17. The molecule has 1 heterocycles. The van der Waals surface area contributed by atoms with Gasteiger partial charge in [-0.3, -0.25) is 9.59 Å². The van der Waals surface area contributed by atoms with Crippen molar-refractivity contribution in [2.24, 2.45) is 5.92 Å². The number of amides is 1. The van der Waals surface area contributed by atoms with E-state index in [1.165, 1.54) is 36.1 Å². The summed E-state index contributed by atoms with van der Waals surface area (Å²) in [6.45, 7) is 18.9. The van der Waals surface area contributed by atoms with Gasteiger partial charge in [-0.05, 0) is 62.1 Å². The molecule has 2 rings (SSSR count). The lowest BCUT2D eigenvalue weighted by atomic mass is 9.97. The van der Waals surface area contributed by atoms with Gasteiger partial charge in [0.1, 0.15) is 0 Å². The van der Waals surface area contributed by atoms with Gasteiger partial charge in [-0.25, -0.2) is 0 Å². The van der Waals surface area contributed by atoms with Crippen molar-refractivity contribution in [3.05, 3.63) is 66.3 Å². The largest absolute Gasteiger partial charge is 0.481 e. The van der Waals surface area contributed by atoms with Gasteiger partial charge < -0.3 is 20.1 Å². The highest BCUT2D eigenvalue weighted by molar-refractivity contribution is 5.77. The molecule has 1 fully saturated rings. The van der Waals surface area contributed by atoms with E-state index in [1.807, 2.05) is 19.9 Å². The molecule has 0 radical (unpaired) electrons. The maximum Gasteiger partial charge on any atom is 0.305 e. The van der Waals surface area contributed by atoms with Crippen LogP contribution >= 0.6 is 0 Å². The number of hydrogen-bond acceptors (Lipinski definition) is 4. The van der Waals surface area contributed by atoms with Crippen LogP contribution in [0, 0.1) is 5.92 Å². The Kier molecular flexibility index (Phi) is 24.1. The molecule has 1 aliphatic rings. The topological polar surface area (TPSA) is 78.9 Å². The Labute approximate surface area is 257 Å². The average Bonchev–Trinajstić information content (AvgIpc) is 3.01. The second kappa shape index (κ2) is 25.8. The van der Waals surface area contributed by atoms with E-state index < -0.39 is 5.97 Å². The molecule has 2 N–H and O–H groups in total. The molecular weight excluding hydrogens is 524 g/mol. The molecule has 1 atom stereocenters. The van der Waals surface area contributed by atoms with E-state index in [9.17, 15) is 9.59 Å². The van der Waals surface area contributed by atoms with Crippen molar-refractivity contribution in [3.63, 3.8) is 0 Å². The standard InChI is InChI=1S/C30H46N2O2.C4H8O2.C2H6/c1-4-7-9-11-16-26(25-34-24-6-3)20-21-30(33)31-28(18-8-5-2)27-17-12-13-19-29(27)32-22-14-10-15-23-32;1-3(2)4(5)6;1-2/h4,7,9,12-13,16-17,19,28H,1,5-6,8,10-11,14-15,18,20-25H2,2-3H3,(H,31,33);3H,1-2H3,(H,5,6);1-2H3/b9-7-,26-16-;;. The molecule has 6 heteroatoms.